The summed E-state index contributed by atoms with van der Waals surface area (Å²) < 4.78 is 0. The zero-order valence-electron chi connectivity index (χ0n) is 10.2. The van der Waals surface area contributed by atoms with E-state index in [1.54, 1.807) is 6.07 Å². The molecule has 0 fully saturated rings. The first-order valence-electron chi connectivity index (χ1n) is 5.97. The maximum atomic E-state index is 11.6. The van der Waals surface area contributed by atoms with Crippen LogP contribution < -0.4 is 10.6 Å². The Kier molecular flexibility index (Phi) is 4.16. The maximum absolute atomic E-state index is 11.6. The van der Waals surface area contributed by atoms with E-state index < -0.39 is 11.8 Å². The molecule has 0 unspecified atom stereocenters. The second-order valence-electron chi connectivity index (χ2n) is 4.24. The Morgan fingerprint density at radius 2 is 1.89 bits per heavy atom. The second kappa shape index (κ2) is 5.84. The zero-order valence-corrected chi connectivity index (χ0v) is 10.9. The fourth-order valence-electron chi connectivity index (χ4n) is 1.85. The molecular weight excluding hydrogens is 268 g/mol. The number of alkyl halides is 1. The van der Waals surface area contributed by atoms with Gasteiger partial charge in [-0.3, -0.25) is 19.7 Å². The minimum absolute atomic E-state index is 0.130. The summed E-state index contributed by atoms with van der Waals surface area (Å²) in [4.78, 5) is 34.4. The summed E-state index contributed by atoms with van der Waals surface area (Å²) in [6.45, 7) is 0. The number of rotatable bonds is 5. The number of imide groups is 1. The molecule has 100 valence electrons. The molecule has 1 aliphatic rings. The van der Waals surface area contributed by atoms with Crippen LogP contribution in [0.1, 0.15) is 40.0 Å². The highest BCUT2D eigenvalue weighted by Gasteiger charge is 2.26. The van der Waals surface area contributed by atoms with Crippen LogP contribution in [0.5, 0.6) is 0 Å². The summed E-state index contributed by atoms with van der Waals surface area (Å²) in [7, 11) is 0. The van der Waals surface area contributed by atoms with E-state index in [1.807, 2.05) is 0 Å². The third-order valence-corrected chi connectivity index (χ3v) is 3.07. The van der Waals surface area contributed by atoms with Crippen molar-refractivity contribution in [3.8, 4) is 0 Å². The van der Waals surface area contributed by atoms with Gasteiger partial charge in [-0.15, -0.1) is 11.6 Å². The molecule has 1 aliphatic heterocycles. The van der Waals surface area contributed by atoms with Gasteiger partial charge in [0, 0.05) is 18.0 Å². The SMILES string of the molecule is O=C(CCCCCl)Nc1ccc2c(c1)C(=O)NC2=O. The molecule has 0 bridgehead atoms. The lowest BCUT2D eigenvalue weighted by molar-refractivity contribution is -0.116. The van der Waals surface area contributed by atoms with Crippen molar-refractivity contribution in [3.05, 3.63) is 29.3 Å². The van der Waals surface area contributed by atoms with Crippen LogP contribution in [0.15, 0.2) is 18.2 Å². The Hall–Kier alpha value is -1.88. The second-order valence-corrected chi connectivity index (χ2v) is 4.62. The first-order valence-corrected chi connectivity index (χ1v) is 6.51. The van der Waals surface area contributed by atoms with Crippen molar-refractivity contribution in [2.24, 2.45) is 0 Å². The van der Waals surface area contributed by atoms with Crippen molar-refractivity contribution in [3.63, 3.8) is 0 Å². The largest absolute Gasteiger partial charge is 0.326 e. The number of fused-ring (bicyclic) bond motifs is 1. The third kappa shape index (κ3) is 3.12. The van der Waals surface area contributed by atoms with E-state index in [0.29, 0.717) is 29.1 Å². The van der Waals surface area contributed by atoms with Crippen LogP contribution in [0, 0.1) is 0 Å². The molecule has 0 atom stereocenters. The summed E-state index contributed by atoms with van der Waals surface area (Å²) >= 11 is 5.53. The van der Waals surface area contributed by atoms with E-state index in [2.05, 4.69) is 10.6 Å². The lowest BCUT2D eigenvalue weighted by atomic mass is 10.1. The van der Waals surface area contributed by atoms with Gasteiger partial charge in [0.25, 0.3) is 11.8 Å². The molecule has 1 aromatic carbocycles. The molecule has 0 saturated carbocycles. The number of amides is 3. The van der Waals surface area contributed by atoms with Crippen LogP contribution in [0.25, 0.3) is 0 Å². The molecule has 1 heterocycles. The smallest absolute Gasteiger partial charge is 0.259 e. The lowest BCUT2D eigenvalue weighted by Crippen LogP contribution is -2.19. The van der Waals surface area contributed by atoms with Crippen molar-refractivity contribution in [2.75, 3.05) is 11.2 Å². The minimum atomic E-state index is -0.432. The number of halogens is 1. The van der Waals surface area contributed by atoms with Crippen LogP contribution in [0.3, 0.4) is 0 Å². The Morgan fingerprint density at radius 1 is 1.16 bits per heavy atom. The highest BCUT2D eigenvalue weighted by molar-refractivity contribution is 6.22. The lowest BCUT2D eigenvalue weighted by Gasteiger charge is -2.05. The summed E-state index contributed by atoms with van der Waals surface area (Å²) in [5.41, 5.74) is 1.15. The van der Waals surface area contributed by atoms with Crippen LogP contribution in [-0.2, 0) is 4.79 Å². The normalized spacial score (nSPS) is 13.1. The van der Waals surface area contributed by atoms with Crippen LogP contribution >= 0.6 is 11.6 Å². The Bertz CT molecular complexity index is 543. The number of benzene rings is 1. The molecule has 5 nitrogen and oxygen atoms in total. The van der Waals surface area contributed by atoms with Crippen molar-refractivity contribution >= 4 is 35.0 Å². The van der Waals surface area contributed by atoms with Gasteiger partial charge in [0.2, 0.25) is 5.91 Å². The summed E-state index contributed by atoms with van der Waals surface area (Å²) in [6.07, 6.45) is 1.89. The fourth-order valence-corrected chi connectivity index (χ4v) is 2.04. The fraction of sp³-hybridized carbons (Fsp3) is 0.308. The quantitative estimate of drug-likeness (QED) is 0.491. The first kappa shape index (κ1) is 13.5. The molecule has 2 rings (SSSR count). The van der Waals surface area contributed by atoms with Crippen molar-refractivity contribution in [1.82, 2.24) is 5.32 Å². The molecule has 1 aromatic rings. The zero-order chi connectivity index (χ0) is 13.8. The molecule has 0 aromatic heterocycles. The van der Waals surface area contributed by atoms with Crippen molar-refractivity contribution in [2.45, 2.75) is 19.3 Å². The van der Waals surface area contributed by atoms with Gasteiger partial charge < -0.3 is 5.32 Å². The Labute approximate surface area is 115 Å². The predicted octanol–water partition coefficient (Wildman–Crippen LogP) is 1.92. The molecule has 0 saturated heterocycles. The number of hydrogen-bond donors (Lipinski definition) is 2. The monoisotopic (exact) mass is 280 g/mol. The minimum Gasteiger partial charge on any atom is -0.326 e. The van der Waals surface area contributed by atoms with Gasteiger partial charge in [-0.25, -0.2) is 0 Å². The molecule has 0 spiro atoms. The standard InChI is InChI=1S/C13H13ClN2O3/c14-6-2-1-3-11(17)15-8-4-5-9-10(7-8)13(19)16-12(9)18/h4-5,7H,1-3,6H2,(H,15,17)(H,16,18,19). The highest BCUT2D eigenvalue weighted by Crippen LogP contribution is 2.20. The van der Waals surface area contributed by atoms with E-state index in [0.717, 1.165) is 12.8 Å². The van der Waals surface area contributed by atoms with E-state index in [-0.39, 0.29) is 5.91 Å². The molecular formula is C13H13ClN2O3. The average Bonchev–Trinajstić information content (AvgIpc) is 2.65. The van der Waals surface area contributed by atoms with E-state index >= 15 is 0 Å². The van der Waals surface area contributed by atoms with Gasteiger partial charge in [-0.1, -0.05) is 0 Å². The number of hydrogen-bond acceptors (Lipinski definition) is 3. The van der Waals surface area contributed by atoms with Gasteiger partial charge >= 0.3 is 0 Å². The van der Waals surface area contributed by atoms with Gasteiger partial charge in [0.05, 0.1) is 11.1 Å². The third-order valence-electron chi connectivity index (χ3n) is 2.81. The Balaban J connectivity index is 2.03. The summed E-state index contributed by atoms with van der Waals surface area (Å²) in [6, 6.07) is 4.65. The van der Waals surface area contributed by atoms with Crippen molar-refractivity contribution in [1.29, 1.82) is 0 Å². The van der Waals surface area contributed by atoms with Crippen LogP contribution in [-0.4, -0.2) is 23.6 Å². The van der Waals surface area contributed by atoms with Crippen molar-refractivity contribution < 1.29 is 14.4 Å². The van der Waals surface area contributed by atoms with Crippen LogP contribution in [0.2, 0.25) is 0 Å². The molecule has 6 heteroatoms. The number of carbonyl (C=O) groups is 3. The molecule has 19 heavy (non-hydrogen) atoms. The highest BCUT2D eigenvalue weighted by atomic mass is 35.5. The van der Waals surface area contributed by atoms with Gasteiger partial charge in [0.1, 0.15) is 0 Å². The number of nitrogens with one attached hydrogen (secondary N) is 2. The summed E-state index contributed by atoms with van der Waals surface area (Å²) in [5.74, 6) is -0.429. The number of unbranched alkanes of at least 4 members (excludes halogenated alkanes) is 1. The van der Waals surface area contributed by atoms with Gasteiger partial charge in [-0.05, 0) is 31.0 Å². The number of carbonyl (C=O) groups excluding carboxylic acids is 3. The van der Waals surface area contributed by atoms with Gasteiger partial charge in [0.15, 0.2) is 0 Å². The first-order chi connectivity index (χ1) is 9.11. The average molecular weight is 281 g/mol. The van der Waals surface area contributed by atoms with Crippen LogP contribution in [0.4, 0.5) is 5.69 Å². The Morgan fingerprint density at radius 3 is 2.63 bits per heavy atom. The molecule has 2 N–H and O–H groups in total. The number of anilines is 1. The van der Waals surface area contributed by atoms with E-state index in [4.69, 9.17) is 11.6 Å². The van der Waals surface area contributed by atoms with E-state index in [9.17, 15) is 14.4 Å². The maximum Gasteiger partial charge on any atom is 0.259 e. The molecule has 0 aliphatic carbocycles. The summed E-state index contributed by atoms with van der Waals surface area (Å²) in [5, 5.41) is 4.89. The topological polar surface area (TPSA) is 75.3 Å². The molecule has 3 amide bonds. The van der Waals surface area contributed by atoms with E-state index in [1.165, 1.54) is 12.1 Å². The predicted molar refractivity (Wildman–Crippen MR) is 71.4 cm³/mol. The molecule has 0 radical (unpaired) electrons. The van der Waals surface area contributed by atoms with Gasteiger partial charge in [-0.2, -0.15) is 0 Å².